The van der Waals surface area contributed by atoms with Gasteiger partial charge in [-0.15, -0.1) is 10.2 Å². The number of nitrogens with two attached hydrogens (primary N) is 1. The Morgan fingerprint density at radius 3 is 2.62 bits per heavy atom. The molecule has 0 aliphatic rings. The van der Waals surface area contributed by atoms with Gasteiger partial charge in [0, 0.05) is 18.2 Å². The fourth-order valence-corrected chi connectivity index (χ4v) is 3.47. The highest BCUT2D eigenvalue weighted by Crippen LogP contribution is 2.34. The maximum absolute atomic E-state index is 12.3. The quantitative estimate of drug-likeness (QED) is 0.805. The predicted octanol–water partition coefficient (Wildman–Crippen LogP) is 0.815. The first-order valence-electron chi connectivity index (χ1n) is 5.75. The fraction of sp³-hybridized carbons (Fsp3) is 0.273. The van der Waals surface area contributed by atoms with E-state index in [9.17, 15) is 8.42 Å². The van der Waals surface area contributed by atoms with Crippen LogP contribution in [0.3, 0.4) is 0 Å². The Balaban J connectivity index is 2.48. The highest BCUT2D eigenvalue weighted by Gasteiger charge is 2.21. The Morgan fingerprint density at radius 2 is 2.10 bits per heavy atom. The lowest BCUT2D eigenvalue weighted by atomic mass is 10.2. The number of rotatable bonds is 6. The van der Waals surface area contributed by atoms with Crippen molar-refractivity contribution < 1.29 is 17.9 Å². The van der Waals surface area contributed by atoms with Crippen LogP contribution in [0.2, 0.25) is 0 Å². The summed E-state index contributed by atoms with van der Waals surface area (Å²) in [6.07, 6.45) is 0. The lowest BCUT2D eigenvalue weighted by Gasteiger charge is -2.14. The molecule has 10 heteroatoms. The maximum Gasteiger partial charge on any atom is 0.263 e. The van der Waals surface area contributed by atoms with E-state index in [-0.39, 0.29) is 22.3 Å². The molecular weight excluding hydrogens is 316 g/mol. The predicted molar refractivity (Wildman–Crippen MR) is 78.2 cm³/mol. The lowest BCUT2D eigenvalue weighted by molar-refractivity contribution is 0.350. The number of ether oxygens (including phenoxy) is 2. The molecule has 0 saturated heterocycles. The van der Waals surface area contributed by atoms with E-state index in [1.165, 1.54) is 31.9 Å². The van der Waals surface area contributed by atoms with E-state index in [0.717, 1.165) is 11.3 Å². The minimum absolute atomic E-state index is 0.0100. The zero-order valence-corrected chi connectivity index (χ0v) is 13.0. The number of nitrogens with one attached hydrogen (secondary N) is 1. The highest BCUT2D eigenvalue weighted by atomic mass is 32.2. The minimum atomic E-state index is -3.81. The molecule has 0 atom stereocenters. The molecule has 0 aliphatic heterocycles. The van der Waals surface area contributed by atoms with E-state index >= 15 is 0 Å². The van der Waals surface area contributed by atoms with E-state index in [1.807, 2.05) is 0 Å². The number of anilines is 1. The van der Waals surface area contributed by atoms with Gasteiger partial charge in [-0.05, 0) is 6.07 Å². The van der Waals surface area contributed by atoms with Gasteiger partial charge in [-0.25, -0.2) is 8.42 Å². The average Bonchev–Trinajstić information content (AvgIpc) is 2.97. The van der Waals surface area contributed by atoms with Crippen LogP contribution in [0.15, 0.2) is 22.5 Å². The molecule has 21 heavy (non-hydrogen) atoms. The van der Waals surface area contributed by atoms with Gasteiger partial charge in [-0.1, -0.05) is 11.3 Å². The molecule has 1 heterocycles. The maximum atomic E-state index is 12.3. The van der Waals surface area contributed by atoms with Crippen molar-refractivity contribution in [3.63, 3.8) is 0 Å². The molecule has 0 unspecified atom stereocenters. The van der Waals surface area contributed by atoms with Crippen LogP contribution in [-0.4, -0.2) is 32.8 Å². The van der Waals surface area contributed by atoms with E-state index in [1.54, 1.807) is 0 Å². The van der Waals surface area contributed by atoms with Gasteiger partial charge in [0.25, 0.3) is 10.0 Å². The third-order valence-corrected chi connectivity index (χ3v) is 4.70. The van der Waals surface area contributed by atoms with Crippen molar-refractivity contribution >= 4 is 26.5 Å². The zero-order valence-electron chi connectivity index (χ0n) is 11.4. The largest absolute Gasteiger partial charge is 0.493 e. The van der Waals surface area contributed by atoms with Crippen LogP contribution in [-0.2, 0) is 16.6 Å². The standard InChI is InChI=1S/C11H14N4O4S2/c1-18-9-4-8(3-7(5-12)10(9)19-2)21(16,17)15-11-14-13-6-20-11/h3-4,6H,5,12H2,1-2H3,(H,14,15). The summed E-state index contributed by atoms with van der Waals surface area (Å²) in [7, 11) is -0.920. The Kier molecular flexibility index (Phi) is 4.60. The summed E-state index contributed by atoms with van der Waals surface area (Å²) in [4.78, 5) is 0.0100. The van der Waals surface area contributed by atoms with Gasteiger partial charge in [0.1, 0.15) is 5.51 Å². The van der Waals surface area contributed by atoms with Crippen molar-refractivity contribution in [3.05, 3.63) is 23.2 Å². The highest BCUT2D eigenvalue weighted by molar-refractivity contribution is 7.93. The van der Waals surface area contributed by atoms with E-state index < -0.39 is 10.0 Å². The molecular formula is C11H14N4O4S2. The molecule has 8 nitrogen and oxygen atoms in total. The summed E-state index contributed by atoms with van der Waals surface area (Å²) in [6, 6.07) is 2.80. The van der Waals surface area contributed by atoms with Crippen LogP contribution in [0.5, 0.6) is 11.5 Å². The first kappa shape index (κ1) is 15.5. The van der Waals surface area contributed by atoms with Gasteiger partial charge < -0.3 is 15.2 Å². The molecule has 0 bridgehead atoms. The van der Waals surface area contributed by atoms with Gasteiger partial charge >= 0.3 is 0 Å². The molecule has 0 amide bonds. The molecule has 0 radical (unpaired) electrons. The van der Waals surface area contributed by atoms with E-state index in [0.29, 0.717) is 11.3 Å². The number of hydrogen-bond acceptors (Lipinski definition) is 8. The molecule has 2 rings (SSSR count). The van der Waals surface area contributed by atoms with Crippen molar-refractivity contribution in [1.29, 1.82) is 0 Å². The molecule has 0 fully saturated rings. The van der Waals surface area contributed by atoms with Crippen molar-refractivity contribution in [2.75, 3.05) is 18.9 Å². The zero-order chi connectivity index (χ0) is 15.5. The molecule has 0 spiro atoms. The fourth-order valence-electron chi connectivity index (χ4n) is 1.71. The summed E-state index contributed by atoms with van der Waals surface area (Å²) in [5.74, 6) is 0.702. The minimum Gasteiger partial charge on any atom is -0.493 e. The summed E-state index contributed by atoms with van der Waals surface area (Å²) in [5, 5.41) is 7.39. The van der Waals surface area contributed by atoms with Gasteiger partial charge in [0.15, 0.2) is 11.5 Å². The number of nitrogens with zero attached hydrogens (tertiary/aromatic N) is 2. The summed E-state index contributed by atoms with van der Waals surface area (Å²) >= 11 is 1.08. The number of methoxy groups -OCH3 is 2. The SMILES string of the molecule is COc1cc(S(=O)(=O)Nc2nncs2)cc(CN)c1OC. The number of hydrogen-bond donors (Lipinski definition) is 2. The first-order chi connectivity index (χ1) is 10.0. The lowest BCUT2D eigenvalue weighted by Crippen LogP contribution is -2.14. The van der Waals surface area contributed by atoms with Crippen molar-refractivity contribution in [2.24, 2.45) is 5.73 Å². The third-order valence-electron chi connectivity index (χ3n) is 2.64. The molecule has 1 aromatic heterocycles. The van der Waals surface area contributed by atoms with Gasteiger partial charge in [-0.2, -0.15) is 0 Å². The molecule has 3 N–H and O–H groups in total. The van der Waals surface area contributed by atoms with Crippen LogP contribution in [0.1, 0.15) is 5.56 Å². The van der Waals surface area contributed by atoms with Crippen molar-refractivity contribution in [2.45, 2.75) is 11.4 Å². The number of aromatic nitrogens is 2. The second-order valence-electron chi connectivity index (χ2n) is 3.87. The van der Waals surface area contributed by atoms with Crippen LogP contribution >= 0.6 is 11.3 Å². The van der Waals surface area contributed by atoms with Crippen molar-refractivity contribution in [1.82, 2.24) is 10.2 Å². The Labute approximate surface area is 126 Å². The van der Waals surface area contributed by atoms with Crippen molar-refractivity contribution in [3.8, 4) is 11.5 Å². The van der Waals surface area contributed by atoms with Gasteiger partial charge in [0.2, 0.25) is 5.13 Å². The van der Waals surface area contributed by atoms with Crippen LogP contribution in [0.25, 0.3) is 0 Å². The van der Waals surface area contributed by atoms with Crippen LogP contribution < -0.4 is 19.9 Å². The molecule has 0 saturated carbocycles. The topological polar surface area (TPSA) is 116 Å². The Bertz CT molecular complexity index is 691. The second-order valence-corrected chi connectivity index (χ2v) is 6.39. The Hall–Kier alpha value is -1.91. The van der Waals surface area contributed by atoms with Crippen LogP contribution in [0.4, 0.5) is 5.13 Å². The molecule has 114 valence electrons. The van der Waals surface area contributed by atoms with Gasteiger partial charge in [0.05, 0.1) is 19.1 Å². The summed E-state index contributed by atoms with van der Waals surface area (Å²) < 4.78 is 37.3. The number of benzene rings is 1. The molecule has 2 aromatic rings. The normalized spacial score (nSPS) is 11.2. The third kappa shape index (κ3) is 3.23. The monoisotopic (exact) mass is 330 g/mol. The van der Waals surface area contributed by atoms with Gasteiger partial charge in [-0.3, -0.25) is 4.72 Å². The summed E-state index contributed by atoms with van der Waals surface area (Å²) in [6.45, 7) is 0.113. The first-order valence-corrected chi connectivity index (χ1v) is 8.12. The Morgan fingerprint density at radius 1 is 1.33 bits per heavy atom. The summed E-state index contributed by atoms with van der Waals surface area (Å²) in [5.41, 5.74) is 7.58. The smallest absolute Gasteiger partial charge is 0.263 e. The molecule has 0 aliphatic carbocycles. The number of sulfonamides is 1. The van der Waals surface area contributed by atoms with E-state index in [2.05, 4.69) is 14.9 Å². The molecule has 1 aromatic carbocycles. The second kappa shape index (κ2) is 6.24. The average molecular weight is 330 g/mol. The van der Waals surface area contributed by atoms with Crippen LogP contribution in [0, 0.1) is 0 Å². The van der Waals surface area contributed by atoms with E-state index in [4.69, 9.17) is 15.2 Å².